The topological polar surface area (TPSA) is 75.7 Å². The Balaban J connectivity index is 1.99. The van der Waals surface area contributed by atoms with Crippen LogP contribution in [0.1, 0.15) is 19.3 Å². The predicted molar refractivity (Wildman–Crippen MR) is 95.1 cm³/mol. The molecule has 1 aromatic carbocycles. The number of piperidine rings is 1. The second kappa shape index (κ2) is 8.94. The maximum atomic E-state index is 12.7. The Labute approximate surface area is 151 Å². The average molecular weight is 419 g/mol. The zero-order chi connectivity index (χ0) is 17.6. The highest BCUT2D eigenvalue weighted by Gasteiger charge is 2.33. The van der Waals surface area contributed by atoms with E-state index < -0.39 is 10.0 Å². The largest absolute Gasteiger partial charge is 0.385 e. The molecule has 1 aromatic rings. The van der Waals surface area contributed by atoms with E-state index >= 15 is 0 Å². The third-order valence-corrected chi connectivity index (χ3v) is 6.44. The highest BCUT2D eigenvalue weighted by molar-refractivity contribution is 9.10. The van der Waals surface area contributed by atoms with Crippen molar-refractivity contribution in [1.82, 2.24) is 9.62 Å². The number of amides is 1. The molecule has 1 N–H and O–H groups in total. The normalized spacial score (nSPS) is 19.2. The molecular formula is C16H23BrN2O4S. The molecule has 0 saturated carbocycles. The van der Waals surface area contributed by atoms with Crippen molar-refractivity contribution in [3.8, 4) is 0 Å². The lowest BCUT2D eigenvalue weighted by Gasteiger charge is -2.31. The first-order valence-corrected chi connectivity index (χ1v) is 10.2. The van der Waals surface area contributed by atoms with Gasteiger partial charge in [-0.15, -0.1) is 0 Å². The Hall–Kier alpha value is -0.960. The van der Waals surface area contributed by atoms with Gasteiger partial charge in [0.2, 0.25) is 15.9 Å². The summed E-state index contributed by atoms with van der Waals surface area (Å²) in [5, 5.41) is 2.86. The van der Waals surface area contributed by atoms with Gasteiger partial charge in [-0.05, 0) is 43.5 Å². The smallest absolute Gasteiger partial charge is 0.243 e. The number of methoxy groups -OCH3 is 1. The Morgan fingerprint density at radius 1 is 1.38 bits per heavy atom. The minimum Gasteiger partial charge on any atom is -0.385 e. The van der Waals surface area contributed by atoms with E-state index in [1.807, 2.05) is 0 Å². The van der Waals surface area contributed by atoms with Crippen LogP contribution in [0.15, 0.2) is 33.6 Å². The van der Waals surface area contributed by atoms with Crippen LogP contribution in [-0.4, -0.2) is 52.0 Å². The zero-order valence-electron chi connectivity index (χ0n) is 13.7. The fourth-order valence-corrected chi connectivity index (χ4v) is 4.49. The van der Waals surface area contributed by atoms with Crippen LogP contribution in [0.5, 0.6) is 0 Å². The van der Waals surface area contributed by atoms with Gasteiger partial charge in [0.25, 0.3) is 0 Å². The third kappa shape index (κ3) is 5.02. The van der Waals surface area contributed by atoms with Crippen molar-refractivity contribution in [2.75, 3.05) is 33.4 Å². The van der Waals surface area contributed by atoms with E-state index in [1.54, 1.807) is 31.4 Å². The lowest BCUT2D eigenvalue weighted by atomic mass is 9.99. The van der Waals surface area contributed by atoms with E-state index in [9.17, 15) is 13.2 Å². The van der Waals surface area contributed by atoms with E-state index in [-0.39, 0.29) is 23.3 Å². The van der Waals surface area contributed by atoms with Crippen molar-refractivity contribution in [2.24, 2.45) is 5.92 Å². The molecule has 1 aliphatic rings. The second-order valence-electron chi connectivity index (χ2n) is 5.79. The number of carbonyl (C=O) groups is 1. The first-order valence-electron chi connectivity index (χ1n) is 7.97. The van der Waals surface area contributed by atoms with Crippen LogP contribution in [0.2, 0.25) is 0 Å². The van der Waals surface area contributed by atoms with Gasteiger partial charge >= 0.3 is 0 Å². The number of nitrogens with zero attached hydrogens (tertiary/aromatic N) is 1. The fraction of sp³-hybridized carbons (Fsp3) is 0.562. The van der Waals surface area contributed by atoms with Gasteiger partial charge in [0, 0.05) is 37.8 Å². The SMILES string of the molecule is COCCCNC(=O)[C@H]1CCCN(S(=O)(=O)c2ccc(Br)cc2)C1. The summed E-state index contributed by atoms with van der Waals surface area (Å²) < 4.78 is 32.6. The van der Waals surface area contributed by atoms with Gasteiger partial charge in [-0.3, -0.25) is 4.79 Å². The third-order valence-electron chi connectivity index (χ3n) is 4.03. The average Bonchev–Trinajstić information content (AvgIpc) is 2.59. The Morgan fingerprint density at radius 2 is 2.08 bits per heavy atom. The zero-order valence-corrected chi connectivity index (χ0v) is 16.1. The number of nitrogens with one attached hydrogen (secondary N) is 1. The molecule has 8 heteroatoms. The van der Waals surface area contributed by atoms with Crippen LogP contribution in [0.25, 0.3) is 0 Å². The highest BCUT2D eigenvalue weighted by atomic mass is 79.9. The number of benzene rings is 1. The standard InChI is InChI=1S/C16H23BrN2O4S/c1-23-11-3-9-18-16(20)13-4-2-10-19(12-13)24(21,22)15-7-5-14(17)6-8-15/h5-8,13H,2-4,9-12H2,1H3,(H,18,20)/t13-/m0/s1. The molecule has 1 amide bonds. The summed E-state index contributed by atoms with van der Waals surface area (Å²) >= 11 is 3.30. The summed E-state index contributed by atoms with van der Waals surface area (Å²) in [5.74, 6) is -0.381. The predicted octanol–water partition coefficient (Wildman–Crippen LogP) is 2.00. The molecule has 0 aliphatic carbocycles. The van der Waals surface area contributed by atoms with Gasteiger partial charge < -0.3 is 10.1 Å². The minimum absolute atomic E-state index is 0.0817. The lowest BCUT2D eigenvalue weighted by molar-refractivity contribution is -0.126. The van der Waals surface area contributed by atoms with E-state index in [0.29, 0.717) is 32.5 Å². The summed E-state index contributed by atoms with van der Waals surface area (Å²) in [4.78, 5) is 12.5. The molecule has 24 heavy (non-hydrogen) atoms. The maximum absolute atomic E-state index is 12.7. The molecule has 134 valence electrons. The highest BCUT2D eigenvalue weighted by Crippen LogP contribution is 2.24. The Bertz CT molecular complexity index is 649. The first-order chi connectivity index (χ1) is 11.4. The molecule has 0 spiro atoms. The van der Waals surface area contributed by atoms with Gasteiger partial charge in [0.05, 0.1) is 10.8 Å². The van der Waals surface area contributed by atoms with Gasteiger partial charge in [-0.25, -0.2) is 8.42 Å². The molecule has 0 radical (unpaired) electrons. The van der Waals surface area contributed by atoms with Gasteiger partial charge in [-0.1, -0.05) is 15.9 Å². The van der Waals surface area contributed by atoms with Gasteiger partial charge in [0.1, 0.15) is 0 Å². The Morgan fingerprint density at radius 3 is 2.75 bits per heavy atom. The molecule has 1 saturated heterocycles. The van der Waals surface area contributed by atoms with Gasteiger partial charge in [-0.2, -0.15) is 4.31 Å². The van der Waals surface area contributed by atoms with Crippen LogP contribution < -0.4 is 5.32 Å². The lowest BCUT2D eigenvalue weighted by Crippen LogP contribution is -2.45. The first kappa shape index (κ1) is 19.4. The monoisotopic (exact) mass is 418 g/mol. The summed E-state index contributed by atoms with van der Waals surface area (Å²) in [5.41, 5.74) is 0. The number of hydrogen-bond acceptors (Lipinski definition) is 4. The van der Waals surface area contributed by atoms with Crippen LogP contribution >= 0.6 is 15.9 Å². The molecule has 1 heterocycles. The van der Waals surface area contributed by atoms with Crippen LogP contribution in [0.3, 0.4) is 0 Å². The molecule has 1 atom stereocenters. The second-order valence-corrected chi connectivity index (χ2v) is 8.65. The van der Waals surface area contributed by atoms with E-state index in [4.69, 9.17) is 4.74 Å². The number of sulfonamides is 1. The van der Waals surface area contributed by atoms with Crippen LogP contribution in [-0.2, 0) is 19.6 Å². The minimum atomic E-state index is -3.56. The van der Waals surface area contributed by atoms with E-state index in [1.165, 1.54) is 4.31 Å². The number of carbonyl (C=O) groups excluding carboxylic acids is 1. The number of ether oxygens (including phenoxy) is 1. The number of hydrogen-bond donors (Lipinski definition) is 1. The molecule has 2 rings (SSSR count). The van der Waals surface area contributed by atoms with Crippen molar-refractivity contribution < 1.29 is 17.9 Å². The molecule has 0 bridgehead atoms. The molecule has 0 unspecified atom stereocenters. The summed E-state index contributed by atoms with van der Waals surface area (Å²) in [6.45, 7) is 1.82. The van der Waals surface area contributed by atoms with Crippen molar-refractivity contribution in [1.29, 1.82) is 0 Å². The van der Waals surface area contributed by atoms with Gasteiger partial charge in [0.15, 0.2) is 0 Å². The van der Waals surface area contributed by atoms with E-state index in [2.05, 4.69) is 21.2 Å². The van der Waals surface area contributed by atoms with E-state index in [0.717, 1.165) is 10.9 Å². The van der Waals surface area contributed by atoms with Crippen LogP contribution in [0.4, 0.5) is 0 Å². The van der Waals surface area contributed by atoms with Crippen LogP contribution in [0, 0.1) is 5.92 Å². The van der Waals surface area contributed by atoms with Crippen molar-refractivity contribution >= 4 is 31.9 Å². The summed E-state index contributed by atoms with van der Waals surface area (Å²) in [6, 6.07) is 6.56. The number of rotatable bonds is 7. The molecule has 6 nitrogen and oxygen atoms in total. The maximum Gasteiger partial charge on any atom is 0.243 e. The van der Waals surface area contributed by atoms with Crippen molar-refractivity contribution in [2.45, 2.75) is 24.2 Å². The fourth-order valence-electron chi connectivity index (χ4n) is 2.70. The molecule has 1 aliphatic heterocycles. The quantitative estimate of drug-likeness (QED) is 0.686. The summed E-state index contributed by atoms with van der Waals surface area (Å²) in [6.07, 6.45) is 2.14. The molecule has 0 aromatic heterocycles. The molecule has 1 fully saturated rings. The van der Waals surface area contributed by atoms with Crippen molar-refractivity contribution in [3.63, 3.8) is 0 Å². The molecular weight excluding hydrogens is 396 g/mol. The summed E-state index contributed by atoms with van der Waals surface area (Å²) in [7, 11) is -1.94. The Kier molecular flexibility index (Phi) is 7.21. The number of halogens is 1. The van der Waals surface area contributed by atoms with Crippen molar-refractivity contribution in [3.05, 3.63) is 28.7 Å².